The zero-order valence-electron chi connectivity index (χ0n) is 10.2. The molecule has 1 aromatic carbocycles. The van der Waals surface area contributed by atoms with E-state index in [0.717, 1.165) is 0 Å². The van der Waals surface area contributed by atoms with Crippen molar-refractivity contribution in [1.82, 2.24) is 0 Å². The molecule has 0 aromatic heterocycles. The number of hydrogen-bond acceptors (Lipinski definition) is 3. The molecule has 0 unspecified atom stereocenters. The van der Waals surface area contributed by atoms with Gasteiger partial charge < -0.3 is 4.74 Å². The summed E-state index contributed by atoms with van der Waals surface area (Å²) >= 11 is -0.163. The third-order valence-corrected chi connectivity index (χ3v) is 2.71. The molecule has 0 aliphatic rings. The molecule has 0 atom stereocenters. The minimum absolute atomic E-state index is 0.102. The van der Waals surface area contributed by atoms with Gasteiger partial charge in [-0.1, -0.05) is 24.3 Å². The van der Waals surface area contributed by atoms with E-state index in [1.165, 1.54) is 18.2 Å². The van der Waals surface area contributed by atoms with Gasteiger partial charge in [0, 0.05) is 4.90 Å². The quantitative estimate of drug-likeness (QED) is 0.598. The summed E-state index contributed by atoms with van der Waals surface area (Å²) < 4.78 is 41.3. The smallest absolute Gasteiger partial charge is 0.446 e. The second-order valence-corrected chi connectivity index (χ2v) is 4.67. The lowest BCUT2D eigenvalue weighted by molar-refractivity contribution is -0.142. The summed E-state index contributed by atoms with van der Waals surface area (Å²) in [7, 11) is 0. The van der Waals surface area contributed by atoms with E-state index in [2.05, 4.69) is 0 Å². The molecule has 0 bridgehead atoms. The van der Waals surface area contributed by atoms with Gasteiger partial charge in [-0.3, -0.25) is 4.79 Å². The second kappa shape index (κ2) is 7.23. The van der Waals surface area contributed by atoms with E-state index in [-0.39, 0.29) is 29.0 Å². The average Bonchev–Trinajstić information content (AvgIpc) is 2.27. The number of rotatable bonds is 5. The Hall–Kier alpha value is -1.43. The number of ether oxygens (including phenoxy) is 1. The molecule has 0 saturated carbocycles. The van der Waals surface area contributed by atoms with E-state index >= 15 is 0 Å². The normalized spacial score (nSPS) is 11.8. The van der Waals surface area contributed by atoms with E-state index in [4.69, 9.17) is 4.74 Å². The third kappa shape index (κ3) is 6.91. The van der Waals surface area contributed by atoms with Crippen LogP contribution in [0.15, 0.2) is 35.2 Å². The van der Waals surface area contributed by atoms with Crippen LogP contribution in [0.25, 0.3) is 6.08 Å². The third-order valence-electron chi connectivity index (χ3n) is 1.99. The molecule has 1 rings (SSSR count). The fraction of sp³-hybridized carbons (Fsp3) is 0.308. The number of thioether (sulfide) groups is 1. The maximum atomic E-state index is 12.2. The molecule has 0 spiro atoms. The topological polar surface area (TPSA) is 26.3 Å². The molecule has 1 aromatic rings. The summed E-state index contributed by atoms with van der Waals surface area (Å²) in [5.74, 6) is -0.362. The van der Waals surface area contributed by atoms with Crippen LogP contribution in [-0.2, 0) is 9.53 Å². The van der Waals surface area contributed by atoms with E-state index in [0.29, 0.717) is 12.2 Å². The first-order chi connectivity index (χ1) is 8.90. The highest BCUT2D eigenvalue weighted by molar-refractivity contribution is 8.00. The second-order valence-electron chi connectivity index (χ2n) is 3.53. The number of alkyl halides is 3. The first-order valence-electron chi connectivity index (χ1n) is 5.58. The van der Waals surface area contributed by atoms with Crippen LogP contribution < -0.4 is 0 Å². The van der Waals surface area contributed by atoms with Crippen molar-refractivity contribution in [3.05, 3.63) is 35.9 Å². The van der Waals surface area contributed by atoms with Gasteiger partial charge in [0.05, 0.1) is 13.0 Å². The highest BCUT2D eigenvalue weighted by atomic mass is 32.2. The van der Waals surface area contributed by atoms with Crippen LogP contribution in [0.4, 0.5) is 13.2 Å². The Kier molecular flexibility index (Phi) is 5.95. The summed E-state index contributed by atoms with van der Waals surface area (Å²) in [5.41, 5.74) is -3.69. The Bertz CT molecular complexity index is 455. The van der Waals surface area contributed by atoms with Crippen LogP contribution in [-0.4, -0.2) is 18.1 Å². The van der Waals surface area contributed by atoms with Gasteiger partial charge >= 0.3 is 11.5 Å². The molecular weight excluding hydrogens is 277 g/mol. The zero-order chi connectivity index (χ0) is 14.3. The molecule has 0 aliphatic heterocycles. The molecule has 0 amide bonds. The van der Waals surface area contributed by atoms with Crippen LogP contribution in [0.3, 0.4) is 0 Å². The van der Waals surface area contributed by atoms with Crippen molar-refractivity contribution in [2.24, 2.45) is 0 Å². The number of benzene rings is 1. The Morgan fingerprint density at radius 3 is 2.79 bits per heavy atom. The van der Waals surface area contributed by atoms with E-state index in [9.17, 15) is 18.0 Å². The van der Waals surface area contributed by atoms with Gasteiger partial charge in [-0.25, -0.2) is 0 Å². The molecule has 2 nitrogen and oxygen atoms in total. The predicted molar refractivity (Wildman–Crippen MR) is 68.6 cm³/mol. The number of esters is 1. The molecule has 0 saturated heterocycles. The maximum absolute atomic E-state index is 12.2. The Balaban J connectivity index is 2.62. The van der Waals surface area contributed by atoms with Crippen molar-refractivity contribution in [3.8, 4) is 0 Å². The van der Waals surface area contributed by atoms with Crippen LogP contribution in [0.1, 0.15) is 18.9 Å². The van der Waals surface area contributed by atoms with Crippen LogP contribution in [0.5, 0.6) is 0 Å². The minimum atomic E-state index is -4.30. The van der Waals surface area contributed by atoms with Gasteiger partial charge in [0.1, 0.15) is 0 Å². The molecule has 0 heterocycles. The first kappa shape index (κ1) is 15.6. The van der Waals surface area contributed by atoms with Crippen molar-refractivity contribution in [2.45, 2.75) is 23.7 Å². The standard InChI is InChI=1S/C13H13F3O2S/c1-2-18-12(17)8-4-6-10-5-3-7-11(9-10)19-13(14,15)16/h3-7,9H,2,8H2,1H3. The summed E-state index contributed by atoms with van der Waals surface area (Å²) in [6, 6.07) is 6.01. The largest absolute Gasteiger partial charge is 0.466 e. The van der Waals surface area contributed by atoms with Gasteiger partial charge in [0.2, 0.25) is 0 Å². The lowest BCUT2D eigenvalue weighted by Gasteiger charge is -2.05. The Morgan fingerprint density at radius 1 is 1.42 bits per heavy atom. The van der Waals surface area contributed by atoms with Gasteiger partial charge in [-0.05, 0) is 36.4 Å². The fourth-order valence-corrected chi connectivity index (χ4v) is 1.94. The van der Waals surface area contributed by atoms with Crippen molar-refractivity contribution in [3.63, 3.8) is 0 Å². The Morgan fingerprint density at radius 2 is 2.16 bits per heavy atom. The lowest BCUT2D eigenvalue weighted by Crippen LogP contribution is -2.01. The highest BCUT2D eigenvalue weighted by Crippen LogP contribution is 2.37. The predicted octanol–water partition coefficient (Wildman–Crippen LogP) is 4.26. The molecule has 0 fully saturated rings. The van der Waals surface area contributed by atoms with Crippen molar-refractivity contribution < 1.29 is 22.7 Å². The first-order valence-corrected chi connectivity index (χ1v) is 6.40. The monoisotopic (exact) mass is 290 g/mol. The average molecular weight is 290 g/mol. The summed E-state index contributed by atoms with van der Waals surface area (Å²) in [5, 5.41) is 0. The van der Waals surface area contributed by atoms with Crippen molar-refractivity contribution in [2.75, 3.05) is 6.61 Å². The maximum Gasteiger partial charge on any atom is 0.446 e. The molecule has 6 heteroatoms. The van der Waals surface area contributed by atoms with Crippen molar-refractivity contribution in [1.29, 1.82) is 0 Å². The molecule has 0 N–H and O–H groups in total. The number of carbonyl (C=O) groups is 1. The van der Waals surface area contributed by atoms with Gasteiger partial charge in [-0.2, -0.15) is 13.2 Å². The number of carbonyl (C=O) groups excluding carboxylic acids is 1. The van der Waals surface area contributed by atoms with E-state index < -0.39 is 5.51 Å². The molecule has 0 radical (unpaired) electrons. The molecule has 0 aliphatic carbocycles. The summed E-state index contributed by atoms with van der Waals surface area (Å²) in [6.07, 6.45) is 3.26. The van der Waals surface area contributed by atoms with Gasteiger partial charge in [-0.15, -0.1) is 0 Å². The molecule has 19 heavy (non-hydrogen) atoms. The highest BCUT2D eigenvalue weighted by Gasteiger charge is 2.29. The molecule has 104 valence electrons. The van der Waals surface area contributed by atoms with Gasteiger partial charge in [0.15, 0.2) is 0 Å². The zero-order valence-corrected chi connectivity index (χ0v) is 11.1. The molecular formula is C13H13F3O2S. The van der Waals surface area contributed by atoms with Crippen LogP contribution in [0.2, 0.25) is 0 Å². The number of hydrogen-bond donors (Lipinski definition) is 0. The summed E-state index contributed by atoms with van der Waals surface area (Å²) in [6.45, 7) is 2.02. The van der Waals surface area contributed by atoms with E-state index in [1.807, 2.05) is 0 Å². The van der Waals surface area contributed by atoms with Crippen LogP contribution in [0, 0.1) is 0 Å². The van der Waals surface area contributed by atoms with E-state index in [1.54, 1.807) is 25.1 Å². The summed E-state index contributed by atoms with van der Waals surface area (Å²) in [4.78, 5) is 11.2. The minimum Gasteiger partial charge on any atom is -0.466 e. The lowest BCUT2D eigenvalue weighted by atomic mass is 10.2. The van der Waals surface area contributed by atoms with Crippen molar-refractivity contribution >= 4 is 23.8 Å². The Labute approximate surface area is 113 Å². The van der Waals surface area contributed by atoms with Gasteiger partial charge in [0.25, 0.3) is 0 Å². The number of halogens is 3. The fourth-order valence-electron chi connectivity index (χ4n) is 1.33. The van der Waals surface area contributed by atoms with Crippen LogP contribution >= 0.6 is 11.8 Å². The SMILES string of the molecule is CCOC(=O)CC=Cc1cccc(SC(F)(F)F)c1.